The van der Waals surface area contributed by atoms with Gasteiger partial charge < -0.3 is 19.7 Å². The quantitative estimate of drug-likeness (QED) is 0.625. The Kier molecular flexibility index (Phi) is 7.32. The average molecular weight is 472 g/mol. The normalized spacial score (nSPS) is 17.4. The predicted octanol–water partition coefficient (Wildman–Crippen LogP) is 2.97. The van der Waals surface area contributed by atoms with Gasteiger partial charge in [-0.1, -0.05) is 12.1 Å². The summed E-state index contributed by atoms with van der Waals surface area (Å²) >= 11 is 0. The van der Waals surface area contributed by atoms with Crippen LogP contribution in [0.2, 0.25) is 0 Å². The van der Waals surface area contributed by atoms with Gasteiger partial charge in [0, 0.05) is 32.3 Å². The lowest BCUT2D eigenvalue weighted by Gasteiger charge is -2.27. The van der Waals surface area contributed by atoms with Gasteiger partial charge >= 0.3 is 0 Å². The van der Waals surface area contributed by atoms with E-state index in [1.165, 1.54) is 10.4 Å². The first-order chi connectivity index (χ1) is 16.0. The first-order valence-electron chi connectivity index (χ1n) is 11.1. The molecule has 1 N–H and O–H groups in total. The maximum atomic E-state index is 13.1. The van der Waals surface area contributed by atoms with E-state index in [4.69, 9.17) is 9.47 Å². The second-order valence-electron chi connectivity index (χ2n) is 7.99. The number of hydrogen-bond acceptors (Lipinski definition) is 6. The van der Waals surface area contributed by atoms with E-state index in [2.05, 4.69) is 10.2 Å². The van der Waals surface area contributed by atoms with Crippen LogP contribution in [0.15, 0.2) is 53.4 Å². The van der Waals surface area contributed by atoms with Crippen molar-refractivity contribution in [1.82, 2.24) is 4.31 Å². The number of carbonyl (C=O) groups is 1. The van der Waals surface area contributed by atoms with Crippen molar-refractivity contribution >= 4 is 33.4 Å². The molecule has 0 aromatic heterocycles. The van der Waals surface area contributed by atoms with E-state index in [9.17, 15) is 13.2 Å². The zero-order chi connectivity index (χ0) is 23.3. The van der Waals surface area contributed by atoms with Crippen LogP contribution in [-0.2, 0) is 19.6 Å². The number of benzene rings is 2. The van der Waals surface area contributed by atoms with E-state index in [1.54, 1.807) is 31.4 Å². The molecule has 0 aliphatic carbocycles. The molecule has 2 aromatic carbocycles. The van der Waals surface area contributed by atoms with E-state index in [-0.39, 0.29) is 10.8 Å². The third-order valence-electron chi connectivity index (χ3n) is 5.82. The molecule has 0 atom stereocenters. The predicted molar refractivity (Wildman–Crippen MR) is 128 cm³/mol. The van der Waals surface area contributed by atoms with Gasteiger partial charge in [0.1, 0.15) is 5.75 Å². The summed E-state index contributed by atoms with van der Waals surface area (Å²) in [5, 5.41) is 2.90. The van der Waals surface area contributed by atoms with Gasteiger partial charge in [0.25, 0.3) is 0 Å². The molecule has 0 saturated carbocycles. The van der Waals surface area contributed by atoms with Crippen molar-refractivity contribution in [1.29, 1.82) is 0 Å². The van der Waals surface area contributed by atoms with E-state index >= 15 is 0 Å². The summed E-state index contributed by atoms with van der Waals surface area (Å²) in [5.41, 5.74) is 2.18. The number of ether oxygens (including phenoxy) is 2. The maximum absolute atomic E-state index is 13.1. The fourth-order valence-corrected chi connectivity index (χ4v) is 5.44. The Hall–Kier alpha value is -2.88. The molecule has 0 bridgehead atoms. The number of nitrogens with zero attached hydrogens (tertiary/aromatic N) is 2. The standard InChI is InChI=1S/C24H29N3O5S/c1-31-20-7-4-19(5-8-20)6-11-24(28)25-22-18-21(9-10-23(22)26-12-2-3-13-26)33(29,30)27-14-16-32-17-15-27/h4-11,18H,2-3,12-17H2,1H3,(H,25,28)/b11-6+. The van der Waals surface area contributed by atoms with Gasteiger partial charge in [0.2, 0.25) is 15.9 Å². The van der Waals surface area contributed by atoms with Gasteiger partial charge in [0.05, 0.1) is 36.6 Å². The molecule has 33 heavy (non-hydrogen) atoms. The monoisotopic (exact) mass is 471 g/mol. The first kappa shape index (κ1) is 23.3. The molecular formula is C24H29N3O5S. The van der Waals surface area contributed by atoms with Crippen LogP contribution in [0.1, 0.15) is 18.4 Å². The van der Waals surface area contributed by atoms with E-state index in [0.717, 1.165) is 42.9 Å². The number of carbonyl (C=O) groups excluding carboxylic acids is 1. The van der Waals surface area contributed by atoms with Crippen LogP contribution in [0.3, 0.4) is 0 Å². The summed E-state index contributed by atoms with van der Waals surface area (Å²) in [6.07, 6.45) is 5.29. The second kappa shape index (κ2) is 10.4. The van der Waals surface area contributed by atoms with Crippen molar-refractivity contribution in [2.24, 2.45) is 0 Å². The number of morpholine rings is 1. The second-order valence-corrected chi connectivity index (χ2v) is 9.92. The molecule has 4 rings (SSSR count). The lowest BCUT2D eigenvalue weighted by atomic mass is 10.2. The SMILES string of the molecule is COc1ccc(/C=C/C(=O)Nc2cc(S(=O)(=O)N3CCOCC3)ccc2N2CCCC2)cc1. The molecule has 0 radical (unpaired) electrons. The summed E-state index contributed by atoms with van der Waals surface area (Å²) < 4.78 is 38.1. The van der Waals surface area contributed by atoms with E-state index in [0.29, 0.717) is 32.0 Å². The average Bonchev–Trinajstić information content (AvgIpc) is 3.38. The van der Waals surface area contributed by atoms with Crippen LogP contribution in [0.5, 0.6) is 5.75 Å². The molecule has 2 aliphatic rings. The Morgan fingerprint density at radius 1 is 1.03 bits per heavy atom. The molecule has 0 spiro atoms. The zero-order valence-electron chi connectivity index (χ0n) is 18.7. The van der Waals surface area contributed by atoms with Gasteiger partial charge in [-0.25, -0.2) is 8.42 Å². The van der Waals surface area contributed by atoms with Gasteiger partial charge in [-0.2, -0.15) is 4.31 Å². The molecule has 2 saturated heterocycles. The highest BCUT2D eigenvalue weighted by atomic mass is 32.2. The van der Waals surface area contributed by atoms with Crippen molar-refractivity contribution in [3.05, 3.63) is 54.1 Å². The van der Waals surface area contributed by atoms with Crippen molar-refractivity contribution < 1.29 is 22.7 Å². The maximum Gasteiger partial charge on any atom is 0.248 e. The van der Waals surface area contributed by atoms with Crippen LogP contribution in [0.25, 0.3) is 6.08 Å². The molecule has 1 amide bonds. The molecule has 8 nitrogen and oxygen atoms in total. The molecule has 2 heterocycles. The third kappa shape index (κ3) is 5.55. The van der Waals surface area contributed by atoms with Crippen LogP contribution in [0, 0.1) is 0 Å². The van der Waals surface area contributed by atoms with Crippen LogP contribution < -0.4 is 15.0 Å². The topological polar surface area (TPSA) is 88.2 Å². The molecule has 9 heteroatoms. The number of sulfonamides is 1. The summed E-state index contributed by atoms with van der Waals surface area (Å²) in [6, 6.07) is 12.3. The Morgan fingerprint density at radius 2 is 1.73 bits per heavy atom. The molecule has 2 aliphatic heterocycles. The highest BCUT2D eigenvalue weighted by molar-refractivity contribution is 7.89. The van der Waals surface area contributed by atoms with E-state index in [1.807, 2.05) is 24.3 Å². The lowest BCUT2D eigenvalue weighted by Crippen LogP contribution is -2.40. The summed E-state index contributed by atoms with van der Waals surface area (Å²) in [7, 11) is -2.07. The van der Waals surface area contributed by atoms with Gasteiger partial charge in [0.15, 0.2) is 0 Å². The van der Waals surface area contributed by atoms with Crippen molar-refractivity contribution in [3.63, 3.8) is 0 Å². The fourth-order valence-electron chi connectivity index (χ4n) is 4.01. The van der Waals surface area contributed by atoms with Crippen LogP contribution in [-0.4, -0.2) is 65.1 Å². The van der Waals surface area contributed by atoms with Gasteiger partial charge in [-0.15, -0.1) is 0 Å². The number of rotatable bonds is 7. The molecule has 2 aromatic rings. The van der Waals surface area contributed by atoms with E-state index < -0.39 is 10.0 Å². The number of hydrogen-bond donors (Lipinski definition) is 1. The number of amides is 1. The number of anilines is 2. The van der Waals surface area contributed by atoms with Crippen molar-refractivity contribution in [2.45, 2.75) is 17.7 Å². The molecule has 0 unspecified atom stereocenters. The Bertz CT molecular complexity index is 1100. The van der Waals surface area contributed by atoms with Gasteiger partial charge in [-0.3, -0.25) is 4.79 Å². The Morgan fingerprint density at radius 3 is 2.39 bits per heavy atom. The fraction of sp³-hybridized carbons (Fsp3) is 0.375. The minimum atomic E-state index is -3.67. The largest absolute Gasteiger partial charge is 0.497 e. The van der Waals surface area contributed by atoms with Crippen molar-refractivity contribution in [2.75, 3.05) is 56.7 Å². The third-order valence-corrected chi connectivity index (χ3v) is 7.72. The first-order valence-corrected chi connectivity index (χ1v) is 12.5. The smallest absolute Gasteiger partial charge is 0.248 e. The molecule has 176 valence electrons. The minimum Gasteiger partial charge on any atom is -0.497 e. The minimum absolute atomic E-state index is 0.168. The van der Waals surface area contributed by atoms with Gasteiger partial charge in [-0.05, 0) is 54.8 Å². The number of methoxy groups -OCH3 is 1. The number of nitrogens with one attached hydrogen (secondary N) is 1. The zero-order valence-corrected chi connectivity index (χ0v) is 19.5. The molecule has 2 fully saturated rings. The summed E-state index contributed by atoms with van der Waals surface area (Å²) in [4.78, 5) is 15.1. The summed E-state index contributed by atoms with van der Waals surface area (Å²) in [6.45, 7) is 3.15. The summed E-state index contributed by atoms with van der Waals surface area (Å²) in [5.74, 6) is 0.414. The Labute approximate surface area is 194 Å². The lowest BCUT2D eigenvalue weighted by molar-refractivity contribution is -0.111. The highest BCUT2D eigenvalue weighted by Gasteiger charge is 2.28. The molecular weight excluding hydrogens is 442 g/mol. The van der Waals surface area contributed by atoms with Crippen LogP contribution >= 0.6 is 0 Å². The van der Waals surface area contributed by atoms with Crippen LogP contribution in [0.4, 0.5) is 11.4 Å². The Balaban J connectivity index is 1.57. The van der Waals surface area contributed by atoms with Crippen molar-refractivity contribution in [3.8, 4) is 5.75 Å². The highest BCUT2D eigenvalue weighted by Crippen LogP contribution is 2.32.